The van der Waals surface area contributed by atoms with Gasteiger partial charge in [-0.15, -0.1) is 0 Å². The summed E-state index contributed by atoms with van der Waals surface area (Å²) in [5.41, 5.74) is 9.16. The molecule has 1 aromatic carbocycles. The average molecular weight is 273 g/mol. The number of hydrogen-bond donors (Lipinski definition) is 2. The van der Waals surface area contributed by atoms with Crippen LogP contribution in [0.3, 0.4) is 0 Å². The molecule has 3 N–H and O–H groups in total. The van der Waals surface area contributed by atoms with E-state index in [2.05, 4.69) is 35.3 Å². The van der Waals surface area contributed by atoms with E-state index in [1.165, 1.54) is 29.7 Å². The fraction of sp³-hybridized carbons (Fsp3) is 0.562. The fourth-order valence-electron chi connectivity index (χ4n) is 3.55. The summed E-state index contributed by atoms with van der Waals surface area (Å²) in [5.74, 6) is 0.779. The number of nitrogens with two attached hydrogens (primary N) is 1. The van der Waals surface area contributed by atoms with Crippen LogP contribution in [0.5, 0.6) is 0 Å². The van der Waals surface area contributed by atoms with E-state index in [1.807, 2.05) is 0 Å². The number of benzene rings is 1. The molecule has 3 rings (SSSR count). The predicted octanol–water partition coefficient (Wildman–Crippen LogP) is 2.58. The van der Waals surface area contributed by atoms with Crippen molar-refractivity contribution in [1.29, 1.82) is 0 Å². The van der Waals surface area contributed by atoms with Gasteiger partial charge in [-0.25, -0.2) is 4.79 Å². The third-order valence-corrected chi connectivity index (χ3v) is 4.54. The first-order chi connectivity index (χ1) is 9.63. The van der Waals surface area contributed by atoms with Crippen molar-refractivity contribution in [1.82, 2.24) is 5.32 Å². The SMILES string of the molecule is CC1CCCN(c2ccc3c(c2)CCC3NC(N)=O)C1. The molecule has 0 spiro atoms. The summed E-state index contributed by atoms with van der Waals surface area (Å²) in [6.07, 6.45) is 4.60. The van der Waals surface area contributed by atoms with Crippen LogP contribution in [0.2, 0.25) is 0 Å². The van der Waals surface area contributed by atoms with E-state index in [9.17, 15) is 4.79 Å². The molecule has 2 atom stereocenters. The molecule has 20 heavy (non-hydrogen) atoms. The van der Waals surface area contributed by atoms with Crippen LogP contribution < -0.4 is 16.0 Å². The van der Waals surface area contributed by atoms with Gasteiger partial charge in [-0.05, 0) is 54.9 Å². The van der Waals surface area contributed by atoms with Crippen LogP contribution in [0.25, 0.3) is 0 Å². The van der Waals surface area contributed by atoms with Crippen molar-refractivity contribution >= 4 is 11.7 Å². The van der Waals surface area contributed by atoms with Crippen molar-refractivity contribution in [3.05, 3.63) is 29.3 Å². The summed E-state index contributed by atoms with van der Waals surface area (Å²) < 4.78 is 0. The van der Waals surface area contributed by atoms with Gasteiger partial charge in [0.2, 0.25) is 0 Å². The molecule has 1 saturated heterocycles. The zero-order valence-corrected chi connectivity index (χ0v) is 12.1. The van der Waals surface area contributed by atoms with Crippen LogP contribution in [0.15, 0.2) is 18.2 Å². The third kappa shape index (κ3) is 2.60. The zero-order chi connectivity index (χ0) is 14.1. The zero-order valence-electron chi connectivity index (χ0n) is 12.1. The van der Waals surface area contributed by atoms with E-state index in [1.54, 1.807) is 0 Å². The highest BCUT2D eigenvalue weighted by Gasteiger charge is 2.25. The van der Waals surface area contributed by atoms with Crippen LogP contribution in [0, 0.1) is 5.92 Å². The number of nitrogens with zero attached hydrogens (tertiary/aromatic N) is 1. The molecule has 1 fully saturated rings. The second-order valence-electron chi connectivity index (χ2n) is 6.18. The molecule has 0 saturated carbocycles. The van der Waals surface area contributed by atoms with Crippen LogP contribution >= 0.6 is 0 Å². The molecule has 1 aliphatic heterocycles. The largest absolute Gasteiger partial charge is 0.371 e. The first-order valence-electron chi connectivity index (χ1n) is 7.57. The molecule has 2 aliphatic rings. The first kappa shape index (κ1) is 13.3. The maximum Gasteiger partial charge on any atom is 0.312 e. The van der Waals surface area contributed by atoms with Gasteiger partial charge in [0.1, 0.15) is 0 Å². The van der Waals surface area contributed by atoms with Gasteiger partial charge in [0.15, 0.2) is 0 Å². The number of urea groups is 1. The lowest BCUT2D eigenvalue weighted by Gasteiger charge is -2.33. The smallest absolute Gasteiger partial charge is 0.312 e. The number of piperidine rings is 1. The van der Waals surface area contributed by atoms with Crippen molar-refractivity contribution in [3.63, 3.8) is 0 Å². The minimum absolute atomic E-state index is 0.0943. The van der Waals surface area contributed by atoms with E-state index in [-0.39, 0.29) is 6.04 Å². The summed E-state index contributed by atoms with van der Waals surface area (Å²) in [6.45, 7) is 4.64. The Morgan fingerprint density at radius 2 is 2.25 bits per heavy atom. The second kappa shape index (κ2) is 5.35. The molecule has 2 amide bonds. The molecule has 0 bridgehead atoms. The maximum absolute atomic E-state index is 11.0. The van der Waals surface area contributed by atoms with Gasteiger partial charge in [-0.3, -0.25) is 0 Å². The summed E-state index contributed by atoms with van der Waals surface area (Å²) in [5, 5.41) is 2.83. The highest BCUT2D eigenvalue weighted by atomic mass is 16.2. The Labute approximate surface area is 120 Å². The van der Waals surface area contributed by atoms with Crippen molar-refractivity contribution in [2.45, 2.75) is 38.6 Å². The second-order valence-corrected chi connectivity index (χ2v) is 6.18. The topological polar surface area (TPSA) is 58.4 Å². The Kier molecular flexibility index (Phi) is 3.55. The molecule has 0 radical (unpaired) electrons. The molecule has 1 heterocycles. The fourth-order valence-corrected chi connectivity index (χ4v) is 3.55. The van der Waals surface area contributed by atoms with Crippen molar-refractivity contribution < 1.29 is 4.79 Å². The Balaban J connectivity index is 1.78. The molecular formula is C16H23N3O. The first-order valence-corrected chi connectivity index (χ1v) is 7.57. The standard InChI is InChI=1S/C16H23N3O/c1-11-3-2-8-19(10-11)13-5-6-14-12(9-13)4-7-15(14)18-16(17)20/h5-6,9,11,15H,2-4,7-8,10H2,1H3,(H3,17,18,20). The number of anilines is 1. The van der Waals surface area contributed by atoms with Gasteiger partial charge < -0.3 is 16.0 Å². The lowest BCUT2D eigenvalue weighted by atomic mass is 9.99. The van der Waals surface area contributed by atoms with E-state index in [4.69, 9.17) is 5.73 Å². The van der Waals surface area contributed by atoms with E-state index < -0.39 is 6.03 Å². The number of nitrogens with one attached hydrogen (secondary N) is 1. The molecule has 4 heteroatoms. The molecule has 1 aromatic rings. The number of fused-ring (bicyclic) bond motifs is 1. The van der Waals surface area contributed by atoms with E-state index in [0.29, 0.717) is 0 Å². The van der Waals surface area contributed by atoms with Crippen LogP contribution in [-0.4, -0.2) is 19.1 Å². The van der Waals surface area contributed by atoms with Gasteiger partial charge in [0.25, 0.3) is 0 Å². The Hall–Kier alpha value is -1.71. The highest BCUT2D eigenvalue weighted by molar-refractivity contribution is 5.72. The Morgan fingerprint density at radius 1 is 1.40 bits per heavy atom. The summed E-state index contributed by atoms with van der Waals surface area (Å²) in [6, 6.07) is 6.32. The van der Waals surface area contributed by atoms with Gasteiger partial charge in [0.05, 0.1) is 6.04 Å². The Bertz CT molecular complexity index is 514. The minimum Gasteiger partial charge on any atom is -0.371 e. The summed E-state index contributed by atoms with van der Waals surface area (Å²) in [7, 11) is 0. The molecule has 108 valence electrons. The normalized spacial score (nSPS) is 25.4. The summed E-state index contributed by atoms with van der Waals surface area (Å²) >= 11 is 0. The van der Waals surface area contributed by atoms with Crippen LogP contribution in [0.1, 0.15) is 43.4 Å². The van der Waals surface area contributed by atoms with Crippen molar-refractivity contribution in [2.75, 3.05) is 18.0 Å². The molecule has 2 unspecified atom stereocenters. The van der Waals surface area contributed by atoms with Crippen LogP contribution in [-0.2, 0) is 6.42 Å². The number of carbonyl (C=O) groups is 1. The number of rotatable bonds is 2. The highest BCUT2D eigenvalue weighted by Crippen LogP contribution is 2.34. The molecule has 0 aromatic heterocycles. The molecule has 4 nitrogen and oxygen atoms in total. The quantitative estimate of drug-likeness (QED) is 0.870. The Morgan fingerprint density at radius 3 is 3.00 bits per heavy atom. The van der Waals surface area contributed by atoms with Gasteiger partial charge >= 0.3 is 6.03 Å². The number of primary amides is 1. The number of hydrogen-bond acceptors (Lipinski definition) is 2. The monoisotopic (exact) mass is 273 g/mol. The maximum atomic E-state index is 11.0. The minimum atomic E-state index is -0.434. The van der Waals surface area contributed by atoms with E-state index >= 15 is 0 Å². The summed E-state index contributed by atoms with van der Waals surface area (Å²) in [4.78, 5) is 13.5. The number of carbonyl (C=O) groups excluding carboxylic acids is 1. The van der Waals surface area contributed by atoms with Gasteiger partial charge in [-0.1, -0.05) is 13.0 Å². The molecular weight excluding hydrogens is 250 g/mol. The predicted molar refractivity (Wildman–Crippen MR) is 80.8 cm³/mol. The van der Waals surface area contributed by atoms with Gasteiger partial charge in [-0.2, -0.15) is 0 Å². The number of amides is 2. The van der Waals surface area contributed by atoms with Crippen molar-refractivity contribution in [2.24, 2.45) is 11.7 Å². The van der Waals surface area contributed by atoms with Crippen LogP contribution in [0.4, 0.5) is 10.5 Å². The van der Waals surface area contributed by atoms with Crippen molar-refractivity contribution in [3.8, 4) is 0 Å². The lowest BCUT2D eigenvalue weighted by Crippen LogP contribution is -2.34. The van der Waals surface area contributed by atoms with E-state index in [0.717, 1.165) is 31.8 Å². The lowest BCUT2D eigenvalue weighted by molar-refractivity contribution is 0.245. The number of aryl methyl sites for hydroxylation is 1. The molecule has 1 aliphatic carbocycles. The third-order valence-electron chi connectivity index (χ3n) is 4.54. The average Bonchev–Trinajstić information content (AvgIpc) is 2.80. The van der Waals surface area contributed by atoms with Gasteiger partial charge in [0, 0.05) is 18.8 Å².